The third kappa shape index (κ3) is 3.85. The Hall–Kier alpha value is -2.44. The third-order valence-electron chi connectivity index (χ3n) is 2.13. The number of nitrogens with two attached hydrogens (primary N) is 2. The normalized spacial score (nSPS) is 9.61. The number of hydrogen-bond donors (Lipinski definition) is 3. The molecule has 0 atom stereocenters. The van der Waals surface area contributed by atoms with Crippen molar-refractivity contribution in [2.45, 2.75) is 0 Å². The van der Waals surface area contributed by atoms with Crippen LogP contribution in [0.1, 0.15) is 10.4 Å². The molecule has 0 saturated heterocycles. The van der Waals surface area contributed by atoms with E-state index in [1.165, 1.54) is 13.2 Å². The molecule has 7 heteroatoms. The molecular weight excluding hydrogens is 238 g/mol. The number of amides is 2. The van der Waals surface area contributed by atoms with Crippen molar-refractivity contribution in [2.24, 2.45) is 5.73 Å². The van der Waals surface area contributed by atoms with Crippen LogP contribution in [0, 0.1) is 0 Å². The SMILES string of the molecule is COc1cc(C(=O)NCCOC(N)=O)ccc1N. The van der Waals surface area contributed by atoms with Crippen molar-refractivity contribution in [3.05, 3.63) is 23.8 Å². The van der Waals surface area contributed by atoms with Crippen LogP contribution in [0.15, 0.2) is 18.2 Å². The average Bonchev–Trinajstić information content (AvgIpc) is 2.34. The first-order valence-corrected chi connectivity index (χ1v) is 5.18. The number of hydrogen-bond acceptors (Lipinski definition) is 5. The van der Waals surface area contributed by atoms with Gasteiger partial charge in [-0.05, 0) is 18.2 Å². The van der Waals surface area contributed by atoms with E-state index >= 15 is 0 Å². The Bertz CT molecular complexity index is 448. The fourth-order valence-electron chi connectivity index (χ4n) is 1.27. The first kappa shape index (κ1) is 13.6. The van der Waals surface area contributed by atoms with Gasteiger partial charge in [-0.25, -0.2) is 4.79 Å². The molecule has 1 rings (SSSR count). The van der Waals surface area contributed by atoms with Gasteiger partial charge in [0.15, 0.2) is 0 Å². The zero-order valence-electron chi connectivity index (χ0n) is 9.93. The maximum absolute atomic E-state index is 11.7. The van der Waals surface area contributed by atoms with E-state index in [2.05, 4.69) is 10.1 Å². The Morgan fingerprint density at radius 2 is 2.11 bits per heavy atom. The van der Waals surface area contributed by atoms with Crippen molar-refractivity contribution in [3.8, 4) is 5.75 Å². The summed E-state index contributed by atoms with van der Waals surface area (Å²) < 4.78 is 9.47. The number of primary amides is 1. The maximum Gasteiger partial charge on any atom is 0.404 e. The fraction of sp³-hybridized carbons (Fsp3) is 0.273. The highest BCUT2D eigenvalue weighted by atomic mass is 16.5. The summed E-state index contributed by atoms with van der Waals surface area (Å²) in [5, 5.41) is 2.56. The highest BCUT2D eigenvalue weighted by molar-refractivity contribution is 5.95. The lowest BCUT2D eigenvalue weighted by molar-refractivity contribution is 0.0936. The van der Waals surface area contributed by atoms with Crippen molar-refractivity contribution in [1.82, 2.24) is 5.32 Å². The monoisotopic (exact) mass is 253 g/mol. The zero-order valence-corrected chi connectivity index (χ0v) is 9.93. The quantitative estimate of drug-likeness (QED) is 0.508. The zero-order chi connectivity index (χ0) is 13.5. The standard InChI is InChI=1S/C11H15N3O4/c1-17-9-6-7(2-3-8(9)12)10(15)14-4-5-18-11(13)16/h2-3,6H,4-5,12H2,1H3,(H2,13,16)(H,14,15). The predicted molar refractivity (Wildman–Crippen MR) is 65.3 cm³/mol. The molecule has 18 heavy (non-hydrogen) atoms. The number of anilines is 1. The highest BCUT2D eigenvalue weighted by Crippen LogP contribution is 2.21. The van der Waals surface area contributed by atoms with Crippen LogP contribution in [-0.4, -0.2) is 32.3 Å². The first-order chi connectivity index (χ1) is 8.54. The van der Waals surface area contributed by atoms with Crippen molar-refractivity contribution in [2.75, 3.05) is 26.0 Å². The topological polar surface area (TPSA) is 117 Å². The molecule has 0 radical (unpaired) electrons. The number of carbonyl (C=O) groups excluding carboxylic acids is 2. The van der Waals surface area contributed by atoms with E-state index in [1.807, 2.05) is 0 Å². The molecule has 1 aromatic rings. The lowest BCUT2D eigenvalue weighted by Gasteiger charge is -2.08. The number of ether oxygens (including phenoxy) is 2. The smallest absolute Gasteiger partial charge is 0.404 e. The maximum atomic E-state index is 11.7. The van der Waals surface area contributed by atoms with Crippen LogP contribution in [0.3, 0.4) is 0 Å². The van der Waals surface area contributed by atoms with Gasteiger partial charge in [0.2, 0.25) is 0 Å². The Kier molecular flexibility index (Phi) is 4.79. The van der Waals surface area contributed by atoms with Crippen molar-refractivity contribution in [1.29, 1.82) is 0 Å². The lowest BCUT2D eigenvalue weighted by Crippen LogP contribution is -2.29. The van der Waals surface area contributed by atoms with Gasteiger partial charge in [0, 0.05) is 5.56 Å². The molecule has 0 unspecified atom stereocenters. The van der Waals surface area contributed by atoms with Crippen LogP contribution in [0.5, 0.6) is 5.75 Å². The lowest BCUT2D eigenvalue weighted by atomic mass is 10.2. The van der Waals surface area contributed by atoms with E-state index in [1.54, 1.807) is 12.1 Å². The summed E-state index contributed by atoms with van der Waals surface area (Å²) in [6.45, 7) is 0.196. The minimum absolute atomic E-state index is 0.0210. The Labute approximate surface area is 104 Å². The largest absolute Gasteiger partial charge is 0.495 e. The molecule has 0 spiro atoms. The van der Waals surface area contributed by atoms with E-state index in [0.29, 0.717) is 17.0 Å². The van der Waals surface area contributed by atoms with Gasteiger partial charge in [0.1, 0.15) is 12.4 Å². The van der Waals surface area contributed by atoms with Crippen LogP contribution in [0.4, 0.5) is 10.5 Å². The molecule has 0 aliphatic heterocycles. The van der Waals surface area contributed by atoms with E-state index in [0.717, 1.165) is 0 Å². The van der Waals surface area contributed by atoms with Crippen molar-refractivity contribution in [3.63, 3.8) is 0 Å². The van der Waals surface area contributed by atoms with Crippen molar-refractivity contribution >= 4 is 17.7 Å². The molecule has 5 N–H and O–H groups in total. The molecule has 0 aliphatic carbocycles. The number of benzene rings is 1. The molecule has 0 fully saturated rings. The van der Waals surface area contributed by atoms with Gasteiger partial charge < -0.3 is 26.3 Å². The number of carbonyl (C=O) groups is 2. The molecule has 98 valence electrons. The molecule has 7 nitrogen and oxygen atoms in total. The third-order valence-corrected chi connectivity index (χ3v) is 2.13. The van der Waals surface area contributed by atoms with E-state index in [4.69, 9.17) is 16.2 Å². The Balaban J connectivity index is 2.53. The second-order valence-electron chi connectivity index (χ2n) is 3.38. The second-order valence-corrected chi connectivity index (χ2v) is 3.38. The van der Waals surface area contributed by atoms with Crippen LogP contribution in [0.25, 0.3) is 0 Å². The molecule has 0 heterocycles. The summed E-state index contributed by atoms with van der Waals surface area (Å²) in [5.74, 6) is 0.109. The van der Waals surface area contributed by atoms with Crippen LogP contribution in [-0.2, 0) is 4.74 Å². The van der Waals surface area contributed by atoms with E-state index < -0.39 is 6.09 Å². The van der Waals surface area contributed by atoms with Gasteiger partial charge in [-0.15, -0.1) is 0 Å². The van der Waals surface area contributed by atoms with Gasteiger partial charge in [-0.2, -0.15) is 0 Å². The summed E-state index contributed by atoms with van der Waals surface area (Å²) >= 11 is 0. The summed E-state index contributed by atoms with van der Waals surface area (Å²) in [7, 11) is 1.47. The van der Waals surface area contributed by atoms with Gasteiger partial charge in [-0.1, -0.05) is 0 Å². The summed E-state index contributed by atoms with van der Waals surface area (Å²) in [6.07, 6.45) is -0.876. The van der Waals surface area contributed by atoms with Crippen molar-refractivity contribution < 1.29 is 19.1 Å². The number of nitrogens with one attached hydrogen (secondary N) is 1. The minimum atomic E-state index is -0.876. The summed E-state index contributed by atoms with van der Waals surface area (Å²) in [6, 6.07) is 4.68. The second kappa shape index (κ2) is 6.33. The van der Waals surface area contributed by atoms with E-state index in [-0.39, 0.29) is 19.1 Å². The molecule has 1 aromatic carbocycles. The van der Waals surface area contributed by atoms with Gasteiger partial charge in [-0.3, -0.25) is 4.79 Å². The molecule has 0 bridgehead atoms. The first-order valence-electron chi connectivity index (χ1n) is 5.18. The van der Waals surface area contributed by atoms with Crippen LogP contribution >= 0.6 is 0 Å². The van der Waals surface area contributed by atoms with Crippen LogP contribution < -0.4 is 21.5 Å². The number of rotatable bonds is 5. The number of nitrogen functional groups attached to an aromatic ring is 1. The molecule has 2 amide bonds. The predicted octanol–water partition coefficient (Wildman–Crippen LogP) is 0.102. The summed E-state index contributed by atoms with van der Waals surface area (Å²) in [4.78, 5) is 22.0. The van der Waals surface area contributed by atoms with E-state index in [9.17, 15) is 9.59 Å². The molecule has 0 saturated carbocycles. The Morgan fingerprint density at radius 1 is 1.39 bits per heavy atom. The fourth-order valence-corrected chi connectivity index (χ4v) is 1.27. The van der Waals surface area contributed by atoms with Gasteiger partial charge in [0.05, 0.1) is 19.3 Å². The Morgan fingerprint density at radius 3 is 2.72 bits per heavy atom. The van der Waals surface area contributed by atoms with Gasteiger partial charge in [0.25, 0.3) is 5.91 Å². The molecule has 0 aliphatic rings. The van der Waals surface area contributed by atoms with Crippen LogP contribution in [0.2, 0.25) is 0 Å². The number of methoxy groups -OCH3 is 1. The highest BCUT2D eigenvalue weighted by Gasteiger charge is 2.08. The van der Waals surface area contributed by atoms with Gasteiger partial charge >= 0.3 is 6.09 Å². The minimum Gasteiger partial charge on any atom is -0.495 e. The molecule has 0 aromatic heterocycles. The average molecular weight is 253 g/mol. The molecular formula is C11H15N3O4. The summed E-state index contributed by atoms with van der Waals surface area (Å²) in [5.41, 5.74) is 11.3.